The molecule has 26 heavy (non-hydrogen) atoms. The number of rotatable bonds is 8. The molecule has 7 heteroatoms. The van der Waals surface area contributed by atoms with E-state index in [1.54, 1.807) is 14.2 Å². The van der Waals surface area contributed by atoms with Gasteiger partial charge in [-0.2, -0.15) is 0 Å². The molecule has 0 radical (unpaired) electrons. The Morgan fingerprint density at radius 1 is 1.23 bits per heavy atom. The molecule has 2 amide bonds. The fraction of sp³-hybridized carbons (Fsp3) is 0.579. The Morgan fingerprint density at radius 2 is 2.00 bits per heavy atom. The van der Waals surface area contributed by atoms with Gasteiger partial charge in [-0.3, -0.25) is 9.59 Å². The summed E-state index contributed by atoms with van der Waals surface area (Å²) in [6.07, 6.45) is 2.03. The molecule has 0 aromatic heterocycles. The van der Waals surface area contributed by atoms with E-state index in [0.717, 1.165) is 36.4 Å². The zero-order valence-electron chi connectivity index (χ0n) is 16.1. The summed E-state index contributed by atoms with van der Waals surface area (Å²) in [6, 6.07) is 6.00. The van der Waals surface area contributed by atoms with Crippen LogP contribution >= 0.6 is 0 Å². The number of amides is 2. The number of ether oxygens (including phenoxy) is 2. The van der Waals surface area contributed by atoms with Crippen molar-refractivity contribution in [1.82, 2.24) is 10.6 Å². The zero-order chi connectivity index (χ0) is 19.1. The third-order valence-corrected chi connectivity index (χ3v) is 4.58. The van der Waals surface area contributed by atoms with Crippen LogP contribution in [0, 0.1) is 0 Å². The summed E-state index contributed by atoms with van der Waals surface area (Å²) < 4.78 is 10.8. The van der Waals surface area contributed by atoms with E-state index in [9.17, 15) is 9.59 Å². The molecule has 1 aromatic carbocycles. The van der Waals surface area contributed by atoms with Crippen LogP contribution in [-0.4, -0.2) is 51.7 Å². The maximum atomic E-state index is 12.3. The molecule has 1 fully saturated rings. The van der Waals surface area contributed by atoms with Crippen molar-refractivity contribution in [2.45, 2.75) is 38.8 Å². The number of nitrogens with one attached hydrogen (secondary N) is 3. The van der Waals surface area contributed by atoms with Gasteiger partial charge in [0.05, 0.1) is 32.9 Å². The number of methoxy groups -OCH3 is 2. The van der Waals surface area contributed by atoms with Crippen LogP contribution < -0.4 is 25.0 Å². The Bertz CT molecular complexity index is 633. The summed E-state index contributed by atoms with van der Waals surface area (Å²) >= 11 is 0. The van der Waals surface area contributed by atoms with E-state index >= 15 is 0 Å². The lowest BCUT2D eigenvalue weighted by atomic mass is 10.0. The second-order valence-electron chi connectivity index (χ2n) is 6.89. The van der Waals surface area contributed by atoms with Gasteiger partial charge in [0.1, 0.15) is 17.5 Å². The largest absolute Gasteiger partial charge is 0.497 e. The quantitative estimate of drug-likeness (QED) is 0.610. The predicted octanol–water partition coefficient (Wildman–Crippen LogP) is 0.0644. The Labute approximate surface area is 155 Å². The molecule has 2 atom stereocenters. The van der Waals surface area contributed by atoms with Crippen LogP contribution in [0.1, 0.15) is 38.3 Å². The van der Waals surface area contributed by atoms with Gasteiger partial charge in [0.25, 0.3) is 5.91 Å². The third kappa shape index (κ3) is 5.36. The Morgan fingerprint density at radius 3 is 2.65 bits per heavy atom. The van der Waals surface area contributed by atoms with Gasteiger partial charge in [0, 0.05) is 18.9 Å². The van der Waals surface area contributed by atoms with Crippen molar-refractivity contribution in [3.63, 3.8) is 0 Å². The second kappa shape index (κ2) is 9.43. The van der Waals surface area contributed by atoms with Gasteiger partial charge in [-0.15, -0.1) is 0 Å². The van der Waals surface area contributed by atoms with Gasteiger partial charge >= 0.3 is 0 Å². The lowest BCUT2D eigenvalue weighted by molar-refractivity contribution is -0.910. The van der Waals surface area contributed by atoms with Gasteiger partial charge in [-0.1, -0.05) is 0 Å². The molecular formula is C19H30N3O4+. The van der Waals surface area contributed by atoms with Crippen molar-refractivity contribution < 1.29 is 24.0 Å². The van der Waals surface area contributed by atoms with Crippen LogP contribution in [0.15, 0.2) is 18.2 Å². The second-order valence-corrected chi connectivity index (χ2v) is 6.89. The summed E-state index contributed by atoms with van der Waals surface area (Å²) in [5.41, 5.74) is 1.06. The summed E-state index contributed by atoms with van der Waals surface area (Å²) in [5.74, 6) is 1.30. The molecule has 0 saturated carbocycles. The molecule has 1 heterocycles. The van der Waals surface area contributed by atoms with E-state index in [1.807, 2.05) is 32.0 Å². The summed E-state index contributed by atoms with van der Waals surface area (Å²) in [6.45, 7) is 5.04. The first-order valence-electron chi connectivity index (χ1n) is 9.07. The summed E-state index contributed by atoms with van der Waals surface area (Å²) in [7, 11) is 3.29. The minimum atomic E-state index is -0.171. The minimum Gasteiger partial charge on any atom is -0.497 e. The van der Waals surface area contributed by atoms with Crippen molar-refractivity contribution in [2.24, 2.45) is 0 Å². The number of hydrogen-bond acceptors (Lipinski definition) is 4. The standard InChI is InChI=1S/C19H29N3O4/c1-13(2)21-18(23)11-20-19(24)12-22-9-5-6-16(22)15-10-14(25-3)7-8-17(15)26-4/h7-8,10,13,16H,5-6,9,11-12H2,1-4H3,(H,20,24)(H,21,23)/p+1/t16-/m0/s1. The fourth-order valence-electron chi connectivity index (χ4n) is 3.43. The monoisotopic (exact) mass is 364 g/mol. The van der Waals surface area contributed by atoms with Crippen molar-refractivity contribution in [3.05, 3.63) is 23.8 Å². The first-order chi connectivity index (χ1) is 12.4. The highest BCUT2D eigenvalue weighted by atomic mass is 16.5. The zero-order valence-corrected chi connectivity index (χ0v) is 16.1. The van der Waals surface area contributed by atoms with Gasteiger partial charge in [-0.25, -0.2) is 0 Å². The van der Waals surface area contributed by atoms with Crippen LogP contribution in [0.2, 0.25) is 0 Å². The summed E-state index contributed by atoms with van der Waals surface area (Å²) in [5, 5.41) is 5.47. The van der Waals surface area contributed by atoms with Crippen molar-refractivity contribution in [1.29, 1.82) is 0 Å². The van der Waals surface area contributed by atoms with Crippen LogP contribution in [0.25, 0.3) is 0 Å². The molecule has 0 bridgehead atoms. The maximum absolute atomic E-state index is 12.3. The third-order valence-electron chi connectivity index (χ3n) is 4.58. The highest BCUT2D eigenvalue weighted by molar-refractivity contribution is 5.85. The molecule has 1 saturated heterocycles. The lowest BCUT2D eigenvalue weighted by Gasteiger charge is -2.23. The van der Waals surface area contributed by atoms with E-state index in [1.165, 1.54) is 4.90 Å². The molecule has 0 aliphatic carbocycles. The molecule has 144 valence electrons. The number of carbonyl (C=O) groups excluding carboxylic acids is 2. The first kappa shape index (κ1) is 20.0. The van der Waals surface area contributed by atoms with Crippen molar-refractivity contribution in [2.75, 3.05) is 33.9 Å². The molecule has 1 unspecified atom stereocenters. The number of hydrogen-bond donors (Lipinski definition) is 3. The van der Waals surface area contributed by atoms with E-state index in [2.05, 4.69) is 10.6 Å². The average Bonchev–Trinajstić information content (AvgIpc) is 3.06. The van der Waals surface area contributed by atoms with Crippen molar-refractivity contribution >= 4 is 11.8 Å². The van der Waals surface area contributed by atoms with E-state index in [4.69, 9.17) is 9.47 Å². The highest BCUT2D eigenvalue weighted by Gasteiger charge is 2.34. The van der Waals surface area contributed by atoms with E-state index in [-0.39, 0.29) is 30.4 Å². The van der Waals surface area contributed by atoms with Crippen molar-refractivity contribution in [3.8, 4) is 11.5 Å². The Kier molecular flexibility index (Phi) is 7.26. The smallest absolute Gasteiger partial charge is 0.275 e. The minimum absolute atomic E-state index is 0.0114. The number of carbonyl (C=O) groups is 2. The van der Waals surface area contributed by atoms with Gasteiger partial charge in [0.15, 0.2) is 6.54 Å². The number of likely N-dealkylation sites (tertiary alicyclic amines) is 1. The van der Waals surface area contributed by atoms with Gasteiger partial charge in [-0.05, 0) is 32.0 Å². The SMILES string of the molecule is COc1ccc(OC)c([C@@H]2CCC[NH+]2CC(=O)NCC(=O)NC(C)C)c1. The van der Waals surface area contributed by atoms with Crippen LogP contribution in [0.5, 0.6) is 11.5 Å². The molecule has 1 aliphatic rings. The molecule has 2 rings (SSSR count). The molecule has 7 nitrogen and oxygen atoms in total. The number of benzene rings is 1. The Balaban J connectivity index is 2.00. The average molecular weight is 364 g/mol. The van der Waals surface area contributed by atoms with Crippen LogP contribution in [0.4, 0.5) is 0 Å². The summed E-state index contributed by atoms with van der Waals surface area (Å²) in [4.78, 5) is 25.1. The van der Waals surface area contributed by atoms with Gasteiger partial charge < -0.3 is 25.0 Å². The molecule has 0 spiro atoms. The lowest BCUT2D eigenvalue weighted by Crippen LogP contribution is -3.11. The highest BCUT2D eigenvalue weighted by Crippen LogP contribution is 2.31. The Hall–Kier alpha value is -2.28. The number of quaternary nitrogens is 1. The molecular weight excluding hydrogens is 334 g/mol. The van der Waals surface area contributed by atoms with E-state index < -0.39 is 0 Å². The predicted molar refractivity (Wildman–Crippen MR) is 98.5 cm³/mol. The molecule has 3 N–H and O–H groups in total. The molecule has 1 aromatic rings. The van der Waals surface area contributed by atoms with Gasteiger partial charge in [0.2, 0.25) is 5.91 Å². The van der Waals surface area contributed by atoms with Crippen LogP contribution in [-0.2, 0) is 9.59 Å². The van der Waals surface area contributed by atoms with Crippen LogP contribution in [0.3, 0.4) is 0 Å². The van der Waals surface area contributed by atoms with E-state index in [0.29, 0.717) is 6.54 Å². The molecule has 1 aliphatic heterocycles. The topological polar surface area (TPSA) is 81.1 Å². The normalized spacial score (nSPS) is 19.3. The first-order valence-corrected chi connectivity index (χ1v) is 9.07. The maximum Gasteiger partial charge on any atom is 0.275 e. The fourth-order valence-corrected chi connectivity index (χ4v) is 3.43.